The van der Waals surface area contributed by atoms with Gasteiger partial charge in [-0.2, -0.15) is 0 Å². The van der Waals surface area contributed by atoms with E-state index in [0.29, 0.717) is 13.0 Å². The van der Waals surface area contributed by atoms with E-state index in [1.165, 1.54) is 4.90 Å². The molecule has 1 aliphatic heterocycles. The van der Waals surface area contributed by atoms with E-state index < -0.39 is 0 Å². The lowest BCUT2D eigenvalue weighted by Crippen LogP contribution is -2.58. The zero-order valence-electron chi connectivity index (χ0n) is 12.4. The van der Waals surface area contributed by atoms with Gasteiger partial charge in [0.1, 0.15) is 0 Å². The number of para-hydroxylation sites is 1. The third-order valence-corrected chi connectivity index (χ3v) is 3.83. The minimum Gasteiger partial charge on any atom is -0.294 e. The molecule has 2 rings (SSSR count). The Hall–Kier alpha value is -1.84. The number of hydrogen-bond donors (Lipinski definition) is 0. The Balaban J connectivity index is 2.29. The maximum Gasteiger partial charge on any atom is 0.331 e. The maximum absolute atomic E-state index is 12.7. The smallest absolute Gasteiger partial charge is 0.294 e. The van der Waals surface area contributed by atoms with Gasteiger partial charge in [0.2, 0.25) is 5.91 Å². The molecule has 1 aromatic carbocycles. The van der Waals surface area contributed by atoms with Crippen LogP contribution in [0.3, 0.4) is 0 Å². The molecule has 4 nitrogen and oxygen atoms in total. The van der Waals surface area contributed by atoms with Crippen LogP contribution in [0.2, 0.25) is 0 Å². The van der Waals surface area contributed by atoms with Gasteiger partial charge in [0.15, 0.2) is 0 Å². The molecule has 0 aromatic heterocycles. The molecule has 0 bridgehead atoms. The van der Waals surface area contributed by atoms with Crippen LogP contribution in [0.25, 0.3) is 0 Å². The van der Waals surface area contributed by atoms with E-state index in [1.54, 1.807) is 11.8 Å². The maximum atomic E-state index is 12.7. The van der Waals surface area contributed by atoms with Gasteiger partial charge in [-0.15, -0.1) is 0 Å². The number of urea groups is 1. The molecular formula is C16H22N2O2. The van der Waals surface area contributed by atoms with Crippen LogP contribution in [0, 0.1) is 5.92 Å². The number of benzene rings is 1. The topological polar surface area (TPSA) is 40.6 Å². The number of carbonyl (C=O) groups is 2. The summed E-state index contributed by atoms with van der Waals surface area (Å²) in [5.41, 5.74) is 0.855. The molecule has 108 valence electrons. The van der Waals surface area contributed by atoms with Crippen LogP contribution in [0.5, 0.6) is 0 Å². The monoisotopic (exact) mass is 274 g/mol. The summed E-state index contributed by atoms with van der Waals surface area (Å²) >= 11 is 0. The molecule has 0 unspecified atom stereocenters. The first kappa shape index (κ1) is 14.6. The van der Waals surface area contributed by atoms with Gasteiger partial charge in [0, 0.05) is 24.7 Å². The summed E-state index contributed by atoms with van der Waals surface area (Å²) in [6.07, 6.45) is 1.18. The molecule has 1 atom stereocenters. The summed E-state index contributed by atoms with van der Waals surface area (Å²) in [5, 5.41) is 0. The lowest BCUT2D eigenvalue weighted by Gasteiger charge is -2.42. The highest BCUT2D eigenvalue weighted by molar-refractivity contribution is 6.03. The van der Waals surface area contributed by atoms with Crippen molar-refractivity contribution in [2.24, 2.45) is 5.92 Å². The van der Waals surface area contributed by atoms with Crippen LogP contribution in [0.4, 0.5) is 10.5 Å². The highest BCUT2D eigenvalue weighted by atomic mass is 16.2. The van der Waals surface area contributed by atoms with Crippen molar-refractivity contribution in [1.29, 1.82) is 0 Å². The zero-order valence-corrected chi connectivity index (χ0v) is 12.4. The average Bonchev–Trinajstić information content (AvgIpc) is 2.46. The minimum absolute atomic E-state index is 0.00918. The second-order valence-corrected chi connectivity index (χ2v) is 5.49. The summed E-state index contributed by atoms with van der Waals surface area (Å²) < 4.78 is 0. The molecule has 20 heavy (non-hydrogen) atoms. The fraction of sp³-hybridized carbons (Fsp3) is 0.500. The number of rotatable bonds is 3. The second kappa shape index (κ2) is 6.07. The number of carbonyl (C=O) groups excluding carboxylic acids is 2. The SMILES string of the molecule is CCC(=O)N1C(=O)N(c2ccccc2)CC[C@H]1C(C)C. The largest absolute Gasteiger partial charge is 0.331 e. The van der Waals surface area contributed by atoms with E-state index in [1.807, 2.05) is 30.3 Å². The first-order chi connectivity index (χ1) is 9.56. The summed E-state index contributed by atoms with van der Waals surface area (Å²) in [5.74, 6) is 0.196. The van der Waals surface area contributed by atoms with Gasteiger partial charge in [-0.05, 0) is 24.5 Å². The number of amides is 3. The van der Waals surface area contributed by atoms with Crippen molar-refractivity contribution in [3.05, 3.63) is 30.3 Å². The molecule has 0 radical (unpaired) electrons. The first-order valence-corrected chi connectivity index (χ1v) is 7.24. The van der Waals surface area contributed by atoms with Gasteiger partial charge in [0.05, 0.1) is 0 Å². The van der Waals surface area contributed by atoms with Crippen LogP contribution in [-0.2, 0) is 4.79 Å². The molecule has 0 N–H and O–H groups in total. The fourth-order valence-electron chi connectivity index (χ4n) is 2.70. The van der Waals surface area contributed by atoms with Crippen molar-refractivity contribution in [1.82, 2.24) is 4.90 Å². The molecule has 3 amide bonds. The van der Waals surface area contributed by atoms with E-state index in [4.69, 9.17) is 0 Å². The Kier molecular flexibility index (Phi) is 4.42. The van der Waals surface area contributed by atoms with Gasteiger partial charge in [-0.1, -0.05) is 39.0 Å². The van der Waals surface area contributed by atoms with Gasteiger partial charge in [-0.3, -0.25) is 14.6 Å². The van der Waals surface area contributed by atoms with Gasteiger partial charge >= 0.3 is 6.03 Å². The molecular weight excluding hydrogens is 252 g/mol. The number of anilines is 1. The average molecular weight is 274 g/mol. The molecule has 0 saturated carbocycles. The number of hydrogen-bond acceptors (Lipinski definition) is 2. The third-order valence-electron chi connectivity index (χ3n) is 3.83. The fourth-order valence-corrected chi connectivity index (χ4v) is 2.70. The van der Waals surface area contributed by atoms with Crippen molar-refractivity contribution in [2.75, 3.05) is 11.4 Å². The summed E-state index contributed by atoms with van der Waals surface area (Å²) in [7, 11) is 0. The minimum atomic E-state index is -0.187. The highest BCUT2D eigenvalue weighted by Gasteiger charge is 2.38. The Morgan fingerprint density at radius 1 is 1.30 bits per heavy atom. The highest BCUT2D eigenvalue weighted by Crippen LogP contribution is 2.27. The van der Waals surface area contributed by atoms with Crippen molar-refractivity contribution < 1.29 is 9.59 Å². The van der Waals surface area contributed by atoms with E-state index >= 15 is 0 Å². The molecule has 1 aromatic rings. The summed E-state index contributed by atoms with van der Waals surface area (Å²) in [4.78, 5) is 28.0. The van der Waals surface area contributed by atoms with Crippen LogP contribution >= 0.6 is 0 Å². The van der Waals surface area contributed by atoms with Gasteiger partial charge in [-0.25, -0.2) is 4.79 Å². The predicted molar refractivity (Wildman–Crippen MR) is 79.6 cm³/mol. The molecule has 1 aliphatic rings. The number of imide groups is 1. The van der Waals surface area contributed by atoms with Crippen molar-refractivity contribution >= 4 is 17.6 Å². The Morgan fingerprint density at radius 3 is 2.50 bits per heavy atom. The van der Waals surface area contributed by atoms with Crippen LogP contribution in [-0.4, -0.2) is 29.4 Å². The predicted octanol–water partition coefficient (Wildman–Crippen LogP) is 3.28. The lowest BCUT2D eigenvalue weighted by molar-refractivity contribution is -0.130. The molecule has 1 heterocycles. The first-order valence-electron chi connectivity index (χ1n) is 7.24. The van der Waals surface area contributed by atoms with Crippen LogP contribution in [0.1, 0.15) is 33.6 Å². The van der Waals surface area contributed by atoms with Crippen molar-refractivity contribution in [2.45, 2.75) is 39.7 Å². The normalized spacial score (nSPS) is 19.6. The molecule has 4 heteroatoms. The van der Waals surface area contributed by atoms with Crippen molar-refractivity contribution in [3.63, 3.8) is 0 Å². The van der Waals surface area contributed by atoms with E-state index in [0.717, 1.165) is 12.1 Å². The van der Waals surface area contributed by atoms with Crippen LogP contribution in [0.15, 0.2) is 30.3 Å². The van der Waals surface area contributed by atoms with E-state index in [9.17, 15) is 9.59 Å². The zero-order chi connectivity index (χ0) is 14.7. The van der Waals surface area contributed by atoms with Crippen LogP contribution < -0.4 is 4.90 Å². The molecule has 0 aliphatic carbocycles. The second-order valence-electron chi connectivity index (χ2n) is 5.49. The third kappa shape index (κ3) is 2.69. The number of nitrogens with zero attached hydrogens (tertiary/aromatic N) is 2. The Bertz CT molecular complexity index is 485. The quantitative estimate of drug-likeness (QED) is 0.848. The van der Waals surface area contributed by atoms with Crippen molar-refractivity contribution in [3.8, 4) is 0 Å². The molecule has 1 fully saturated rings. The summed E-state index contributed by atoms with van der Waals surface area (Å²) in [6.45, 7) is 6.59. The van der Waals surface area contributed by atoms with Gasteiger partial charge in [0.25, 0.3) is 0 Å². The molecule has 0 spiro atoms. The standard InChI is InChI=1S/C16H22N2O2/c1-4-15(19)18-14(12(2)3)10-11-17(16(18)20)13-8-6-5-7-9-13/h5-9,12,14H,4,10-11H2,1-3H3/t14-/m0/s1. The molecule has 1 saturated heterocycles. The van der Waals surface area contributed by atoms with E-state index in [2.05, 4.69) is 13.8 Å². The van der Waals surface area contributed by atoms with Gasteiger partial charge < -0.3 is 0 Å². The Labute approximate surface area is 120 Å². The summed E-state index contributed by atoms with van der Waals surface area (Å²) in [6, 6.07) is 9.36. The Morgan fingerprint density at radius 2 is 1.95 bits per heavy atom. The van der Waals surface area contributed by atoms with E-state index in [-0.39, 0.29) is 23.9 Å². The lowest BCUT2D eigenvalue weighted by atomic mass is 9.96.